The van der Waals surface area contributed by atoms with Crippen molar-refractivity contribution in [1.82, 2.24) is 0 Å². The molecule has 0 aromatic carbocycles. The van der Waals surface area contributed by atoms with Gasteiger partial charge in [-0.3, -0.25) is 9.59 Å². The number of carbonyl (C=O) groups is 2. The lowest BCUT2D eigenvalue weighted by atomic mass is 9.86. The van der Waals surface area contributed by atoms with Crippen molar-refractivity contribution in [1.29, 1.82) is 0 Å². The SMILES string of the molecule is C[C@@H](COC(=O)CCC(=O)OC[C@H](C)CC(C)(C)C)CC(C)(C)C. The number of rotatable bonds is 9. The van der Waals surface area contributed by atoms with Gasteiger partial charge < -0.3 is 9.47 Å². The van der Waals surface area contributed by atoms with E-state index in [0.29, 0.717) is 25.0 Å². The Hall–Kier alpha value is -1.06. The quantitative estimate of drug-likeness (QED) is 0.553. The van der Waals surface area contributed by atoms with Gasteiger partial charge in [0.1, 0.15) is 0 Å². The molecule has 0 spiro atoms. The van der Waals surface area contributed by atoms with Gasteiger partial charge in [-0.05, 0) is 35.5 Å². The van der Waals surface area contributed by atoms with Crippen LogP contribution in [0.4, 0.5) is 0 Å². The van der Waals surface area contributed by atoms with E-state index in [4.69, 9.17) is 9.47 Å². The number of carbonyl (C=O) groups excluding carboxylic acids is 2. The second kappa shape index (κ2) is 10.0. The molecule has 0 rings (SSSR count). The molecule has 24 heavy (non-hydrogen) atoms. The lowest BCUT2D eigenvalue weighted by Gasteiger charge is -2.23. The van der Waals surface area contributed by atoms with Crippen LogP contribution in [0, 0.1) is 22.7 Å². The van der Waals surface area contributed by atoms with Crippen molar-refractivity contribution in [2.45, 2.75) is 81.1 Å². The van der Waals surface area contributed by atoms with Gasteiger partial charge in [0.15, 0.2) is 0 Å². The Balaban J connectivity index is 3.88. The molecule has 0 fully saturated rings. The van der Waals surface area contributed by atoms with E-state index in [1.54, 1.807) is 0 Å². The van der Waals surface area contributed by atoms with Crippen LogP contribution in [0.25, 0.3) is 0 Å². The van der Waals surface area contributed by atoms with E-state index in [1.807, 2.05) is 0 Å². The highest BCUT2D eigenvalue weighted by Gasteiger charge is 2.18. The number of esters is 2. The van der Waals surface area contributed by atoms with Gasteiger partial charge in [0.2, 0.25) is 0 Å². The van der Waals surface area contributed by atoms with Crippen LogP contribution < -0.4 is 0 Å². The van der Waals surface area contributed by atoms with Crippen LogP contribution in [-0.2, 0) is 19.1 Å². The van der Waals surface area contributed by atoms with Gasteiger partial charge in [0.05, 0.1) is 26.1 Å². The summed E-state index contributed by atoms with van der Waals surface area (Å²) in [4.78, 5) is 23.4. The van der Waals surface area contributed by atoms with Crippen molar-refractivity contribution in [3.63, 3.8) is 0 Å². The zero-order valence-corrected chi connectivity index (χ0v) is 17.0. The first-order valence-corrected chi connectivity index (χ1v) is 9.10. The van der Waals surface area contributed by atoms with Crippen LogP contribution in [0.5, 0.6) is 0 Å². The van der Waals surface area contributed by atoms with E-state index in [0.717, 1.165) is 12.8 Å². The minimum Gasteiger partial charge on any atom is -0.465 e. The molecule has 2 atom stereocenters. The van der Waals surface area contributed by atoms with Crippen molar-refractivity contribution in [3.8, 4) is 0 Å². The first-order chi connectivity index (χ1) is 10.8. The monoisotopic (exact) mass is 342 g/mol. The summed E-state index contributed by atoms with van der Waals surface area (Å²) >= 11 is 0. The van der Waals surface area contributed by atoms with E-state index in [2.05, 4.69) is 55.4 Å². The lowest BCUT2D eigenvalue weighted by Crippen LogP contribution is -2.19. The molecular weight excluding hydrogens is 304 g/mol. The zero-order chi connectivity index (χ0) is 19.0. The fraction of sp³-hybridized carbons (Fsp3) is 0.900. The van der Waals surface area contributed by atoms with Crippen LogP contribution in [-0.4, -0.2) is 25.2 Å². The number of hydrogen-bond donors (Lipinski definition) is 0. The Bertz CT molecular complexity index is 349. The Morgan fingerprint density at radius 3 is 1.25 bits per heavy atom. The molecule has 0 saturated heterocycles. The summed E-state index contributed by atoms with van der Waals surface area (Å²) in [6.07, 6.45) is 2.17. The van der Waals surface area contributed by atoms with Crippen LogP contribution >= 0.6 is 0 Å². The third kappa shape index (κ3) is 14.5. The van der Waals surface area contributed by atoms with Gasteiger partial charge >= 0.3 is 11.9 Å². The van der Waals surface area contributed by atoms with Crippen LogP contribution in [0.15, 0.2) is 0 Å². The number of ether oxygens (including phenoxy) is 2. The average molecular weight is 343 g/mol. The van der Waals surface area contributed by atoms with Gasteiger partial charge in [-0.25, -0.2) is 0 Å². The van der Waals surface area contributed by atoms with Crippen molar-refractivity contribution < 1.29 is 19.1 Å². The fourth-order valence-electron chi connectivity index (χ4n) is 3.03. The van der Waals surface area contributed by atoms with E-state index in [1.165, 1.54) is 0 Å². The molecule has 0 aliphatic rings. The smallest absolute Gasteiger partial charge is 0.306 e. The zero-order valence-electron chi connectivity index (χ0n) is 17.0. The molecule has 0 saturated carbocycles. The van der Waals surface area contributed by atoms with E-state index >= 15 is 0 Å². The normalized spacial score (nSPS) is 14.8. The Morgan fingerprint density at radius 1 is 0.708 bits per heavy atom. The predicted octanol–water partition coefficient (Wildman–Crippen LogP) is 5.00. The predicted molar refractivity (Wildman–Crippen MR) is 97.6 cm³/mol. The maximum Gasteiger partial charge on any atom is 0.306 e. The van der Waals surface area contributed by atoms with Gasteiger partial charge in [-0.15, -0.1) is 0 Å². The molecule has 0 unspecified atom stereocenters. The molecule has 0 aliphatic heterocycles. The first-order valence-electron chi connectivity index (χ1n) is 9.10. The minimum absolute atomic E-state index is 0.0920. The first kappa shape index (κ1) is 22.9. The number of hydrogen-bond acceptors (Lipinski definition) is 4. The van der Waals surface area contributed by atoms with Gasteiger partial charge in [0.25, 0.3) is 0 Å². The molecule has 0 radical (unpaired) electrons. The van der Waals surface area contributed by atoms with Crippen molar-refractivity contribution >= 4 is 11.9 Å². The standard InChI is InChI=1S/C20H38O4/c1-15(11-19(3,4)5)13-23-17(21)9-10-18(22)24-14-16(2)12-20(6,7)8/h15-16H,9-14H2,1-8H3/t15-,16-/m1/s1. The van der Waals surface area contributed by atoms with Crippen molar-refractivity contribution in [2.75, 3.05) is 13.2 Å². The summed E-state index contributed by atoms with van der Waals surface area (Å²) in [5.41, 5.74) is 0.443. The third-order valence-electron chi connectivity index (χ3n) is 3.51. The molecule has 0 bridgehead atoms. The highest BCUT2D eigenvalue weighted by molar-refractivity contribution is 5.77. The second-order valence-electron chi connectivity index (χ2n) is 9.61. The Kier molecular flexibility index (Phi) is 9.61. The van der Waals surface area contributed by atoms with Crippen LogP contribution in [0.3, 0.4) is 0 Å². The molecule has 0 amide bonds. The second-order valence-corrected chi connectivity index (χ2v) is 9.61. The minimum atomic E-state index is -0.324. The molecule has 0 aliphatic carbocycles. The summed E-state index contributed by atoms with van der Waals surface area (Å²) in [5.74, 6) is -0.0100. The molecule has 0 aromatic heterocycles. The molecule has 4 heteroatoms. The van der Waals surface area contributed by atoms with Crippen molar-refractivity contribution in [2.24, 2.45) is 22.7 Å². The Morgan fingerprint density at radius 2 is 1.00 bits per heavy atom. The van der Waals surface area contributed by atoms with Crippen LogP contribution in [0.1, 0.15) is 81.1 Å². The summed E-state index contributed by atoms with van der Waals surface area (Å²) < 4.78 is 10.5. The molecule has 0 aromatic rings. The average Bonchev–Trinajstić information content (AvgIpc) is 2.36. The molecule has 142 valence electrons. The summed E-state index contributed by atoms with van der Waals surface area (Å²) in [6, 6.07) is 0. The largest absolute Gasteiger partial charge is 0.465 e. The van der Waals surface area contributed by atoms with Crippen LogP contribution in [0.2, 0.25) is 0 Å². The molecular formula is C20H38O4. The highest BCUT2D eigenvalue weighted by Crippen LogP contribution is 2.25. The van der Waals surface area contributed by atoms with Gasteiger partial charge in [0, 0.05) is 0 Å². The summed E-state index contributed by atoms with van der Waals surface area (Å²) in [7, 11) is 0. The fourth-order valence-corrected chi connectivity index (χ4v) is 3.03. The maximum absolute atomic E-state index is 11.7. The Labute approximate surface area is 148 Å². The third-order valence-corrected chi connectivity index (χ3v) is 3.51. The van der Waals surface area contributed by atoms with Crippen molar-refractivity contribution in [3.05, 3.63) is 0 Å². The molecule has 0 N–H and O–H groups in total. The maximum atomic E-state index is 11.7. The molecule has 0 heterocycles. The van der Waals surface area contributed by atoms with Gasteiger partial charge in [-0.1, -0.05) is 55.4 Å². The van der Waals surface area contributed by atoms with Gasteiger partial charge in [-0.2, -0.15) is 0 Å². The summed E-state index contributed by atoms with van der Waals surface area (Å²) in [6.45, 7) is 18.0. The van der Waals surface area contributed by atoms with E-state index in [9.17, 15) is 9.59 Å². The van der Waals surface area contributed by atoms with E-state index in [-0.39, 0.29) is 35.6 Å². The lowest BCUT2D eigenvalue weighted by molar-refractivity contribution is -0.151. The summed E-state index contributed by atoms with van der Waals surface area (Å²) in [5, 5.41) is 0. The van der Waals surface area contributed by atoms with E-state index < -0.39 is 0 Å². The topological polar surface area (TPSA) is 52.6 Å². The highest BCUT2D eigenvalue weighted by atomic mass is 16.5. The molecule has 4 nitrogen and oxygen atoms in total.